The molecule has 1 fully saturated rings. The van der Waals surface area contributed by atoms with Crippen LogP contribution in [0.15, 0.2) is 79.3 Å². The number of hydrogen-bond acceptors (Lipinski definition) is 6. The first-order valence-corrected chi connectivity index (χ1v) is 11.6. The van der Waals surface area contributed by atoms with Crippen molar-refractivity contribution in [3.8, 4) is 0 Å². The molecule has 0 saturated carbocycles. The number of benzene rings is 2. The number of likely N-dealkylation sites (N-methyl/N-ethyl adjacent to an activating group) is 1. The molecule has 1 amide bonds. The number of pyridine rings is 1. The molecule has 1 unspecified atom stereocenters. The highest BCUT2D eigenvalue weighted by atomic mass is 16.2. The van der Waals surface area contributed by atoms with Gasteiger partial charge in [0.25, 0.3) is 5.91 Å². The van der Waals surface area contributed by atoms with E-state index >= 15 is 0 Å². The lowest BCUT2D eigenvalue weighted by Crippen LogP contribution is -2.36. The van der Waals surface area contributed by atoms with Gasteiger partial charge in [-0.25, -0.2) is 9.97 Å². The molecule has 1 N–H and O–H groups in total. The Balaban J connectivity index is 1.34. The zero-order valence-corrected chi connectivity index (χ0v) is 19.3. The summed E-state index contributed by atoms with van der Waals surface area (Å²) in [5.41, 5.74) is 3.75. The molecule has 3 heterocycles. The molecule has 1 saturated heterocycles. The second kappa shape index (κ2) is 9.97. The zero-order valence-electron chi connectivity index (χ0n) is 19.3. The van der Waals surface area contributed by atoms with Crippen molar-refractivity contribution in [1.82, 2.24) is 24.8 Å². The van der Waals surface area contributed by atoms with E-state index in [4.69, 9.17) is 0 Å². The van der Waals surface area contributed by atoms with E-state index in [0.29, 0.717) is 30.5 Å². The topological polar surface area (TPSA) is 74.2 Å². The lowest BCUT2D eigenvalue weighted by atomic mass is 9.96. The summed E-state index contributed by atoms with van der Waals surface area (Å²) in [6.45, 7) is 3.22. The van der Waals surface area contributed by atoms with Crippen LogP contribution >= 0.6 is 0 Å². The van der Waals surface area contributed by atoms with Gasteiger partial charge in [-0.05, 0) is 55.3 Å². The Morgan fingerprint density at radius 2 is 1.74 bits per heavy atom. The number of para-hydroxylation sites is 1. The van der Waals surface area contributed by atoms with Gasteiger partial charge in [0.05, 0.1) is 5.52 Å². The van der Waals surface area contributed by atoms with E-state index in [9.17, 15) is 4.79 Å². The third-order valence-corrected chi connectivity index (χ3v) is 6.24. The lowest BCUT2D eigenvalue weighted by molar-refractivity contribution is 0.0746. The van der Waals surface area contributed by atoms with E-state index in [2.05, 4.69) is 56.5 Å². The van der Waals surface area contributed by atoms with Crippen molar-refractivity contribution in [3.63, 3.8) is 0 Å². The molecular weight excluding hydrogens is 424 g/mol. The van der Waals surface area contributed by atoms with E-state index in [0.717, 1.165) is 36.1 Å². The SMILES string of the molecule is CN1CCN(C(=O)c2cccc(Nc3ncccn3)c2)CC(Cc2cccc3cccnc23)C1. The Hall–Kier alpha value is -3.84. The lowest BCUT2D eigenvalue weighted by Gasteiger charge is -2.25. The fourth-order valence-corrected chi connectivity index (χ4v) is 4.65. The highest BCUT2D eigenvalue weighted by Gasteiger charge is 2.26. The summed E-state index contributed by atoms with van der Waals surface area (Å²) in [4.78, 5) is 30.9. The van der Waals surface area contributed by atoms with Crippen LogP contribution in [0, 0.1) is 5.92 Å². The molecule has 34 heavy (non-hydrogen) atoms. The summed E-state index contributed by atoms with van der Waals surface area (Å²) in [5, 5.41) is 4.33. The van der Waals surface area contributed by atoms with Crippen molar-refractivity contribution in [2.75, 3.05) is 38.5 Å². The Kier molecular flexibility index (Phi) is 6.44. The van der Waals surface area contributed by atoms with Crippen LogP contribution in [-0.4, -0.2) is 63.9 Å². The largest absolute Gasteiger partial charge is 0.337 e. The summed E-state index contributed by atoms with van der Waals surface area (Å²) in [7, 11) is 2.13. The molecule has 0 spiro atoms. The van der Waals surface area contributed by atoms with Gasteiger partial charge >= 0.3 is 0 Å². The summed E-state index contributed by atoms with van der Waals surface area (Å²) in [6.07, 6.45) is 6.10. The molecule has 0 bridgehead atoms. The third kappa shape index (κ3) is 5.05. The maximum Gasteiger partial charge on any atom is 0.253 e. The minimum atomic E-state index is 0.0500. The first-order chi connectivity index (χ1) is 16.7. The van der Waals surface area contributed by atoms with Gasteiger partial charge in [-0.15, -0.1) is 0 Å². The number of rotatable bonds is 5. The number of aromatic nitrogens is 3. The minimum Gasteiger partial charge on any atom is -0.337 e. The maximum absolute atomic E-state index is 13.5. The Morgan fingerprint density at radius 3 is 2.62 bits per heavy atom. The number of carbonyl (C=O) groups excluding carboxylic acids is 1. The minimum absolute atomic E-state index is 0.0500. The van der Waals surface area contributed by atoms with Crippen molar-refractivity contribution in [3.05, 3.63) is 90.4 Å². The molecule has 1 atom stereocenters. The van der Waals surface area contributed by atoms with Crippen LogP contribution in [0.3, 0.4) is 0 Å². The molecule has 2 aromatic heterocycles. The van der Waals surface area contributed by atoms with Crippen LogP contribution in [-0.2, 0) is 6.42 Å². The fraction of sp³-hybridized carbons (Fsp3) is 0.259. The smallest absolute Gasteiger partial charge is 0.253 e. The van der Waals surface area contributed by atoms with Gasteiger partial charge in [0, 0.05) is 61.4 Å². The van der Waals surface area contributed by atoms with E-state index in [-0.39, 0.29) is 5.91 Å². The molecule has 2 aromatic carbocycles. The summed E-state index contributed by atoms with van der Waals surface area (Å²) in [6, 6.07) is 19.7. The number of nitrogens with one attached hydrogen (secondary N) is 1. The summed E-state index contributed by atoms with van der Waals surface area (Å²) < 4.78 is 0. The van der Waals surface area contributed by atoms with Crippen LogP contribution in [0.4, 0.5) is 11.6 Å². The number of nitrogens with zero attached hydrogens (tertiary/aromatic N) is 5. The molecular formula is C27H28N6O. The van der Waals surface area contributed by atoms with Gasteiger partial charge in [-0.2, -0.15) is 0 Å². The molecule has 0 radical (unpaired) electrons. The predicted octanol–water partition coefficient (Wildman–Crippen LogP) is 4.01. The standard InChI is InChI=1S/C27H28N6O/c1-32-14-15-33(19-20(18-32)16-22-7-2-6-21-9-4-11-28-25(21)22)26(34)23-8-3-10-24(17-23)31-27-29-12-5-13-30-27/h2-13,17,20H,14-16,18-19H2,1H3,(H,29,30,31). The molecule has 1 aliphatic rings. The highest BCUT2D eigenvalue weighted by Crippen LogP contribution is 2.23. The second-order valence-electron chi connectivity index (χ2n) is 8.85. The number of amides is 1. The monoisotopic (exact) mass is 452 g/mol. The number of hydrogen-bond donors (Lipinski definition) is 1. The van der Waals surface area contributed by atoms with Crippen molar-refractivity contribution < 1.29 is 4.79 Å². The average Bonchev–Trinajstić information content (AvgIpc) is 3.05. The number of fused-ring (bicyclic) bond motifs is 1. The van der Waals surface area contributed by atoms with Gasteiger partial charge in [-0.1, -0.05) is 30.3 Å². The second-order valence-corrected chi connectivity index (χ2v) is 8.85. The first kappa shape index (κ1) is 22.0. The first-order valence-electron chi connectivity index (χ1n) is 11.6. The van der Waals surface area contributed by atoms with Gasteiger partial charge in [0.2, 0.25) is 5.95 Å². The molecule has 1 aliphatic heterocycles. The summed E-state index contributed by atoms with van der Waals surface area (Å²) >= 11 is 0. The molecule has 5 rings (SSSR count). The van der Waals surface area contributed by atoms with Crippen LogP contribution in [0.5, 0.6) is 0 Å². The van der Waals surface area contributed by atoms with Crippen LogP contribution in [0.1, 0.15) is 15.9 Å². The van der Waals surface area contributed by atoms with E-state index < -0.39 is 0 Å². The normalized spacial score (nSPS) is 16.9. The van der Waals surface area contributed by atoms with E-state index in [1.54, 1.807) is 18.5 Å². The van der Waals surface area contributed by atoms with Gasteiger partial charge in [0.15, 0.2) is 0 Å². The van der Waals surface area contributed by atoms with Crippen molar-refractivity contribution in [2.45, 2.75) is 6.42 Å². The Bertz CT molecular complexity index is 1270. The zero-order chi connectivity index (χ0) is 23.3. The average molecular weight is 453 g/mol. The maximum atomic E-state index is 13.5. The van der Waals surface area contributed by atoms with Crippen molar-refractivity contribution in [1.29, 1.82) is 0 Å². The molecule has 172 valence electrons. The fourth-order valence-electron chi connectivity index (χ4n) is 4.65. The molecule has 7 nitrogen and oxygen atoms in total. The molecule has 4 aromatic rings. The summed E-state index contributed by atoms with van der Waals surface area (Å²) in [5.74, 6) is 0.879. The Labute approximate surface area is 199 Å². The molecule has 7 heteroatoms. The van der Waals surface area contributed by atoms with Crippen molar-refractivity contribution in [2.24, 2.45) is 5.92 Å². The molecule has 0 aliphatic carbocycles. The number of anilines is 2. The van der Waals surface area contributed by atoms with Crippen molar-refractivity contribution >= 4 is 28.4 Å². The predicted molar refractivity (Wildman–Crippen MR) is 134 cm³/mol. The third-order valence-electron chi connectivity index (χ3n) is 6.24. The van der Waals surface area contributed by atoms with Gasteiger partial charge < -0.3 is 15.1 Å². The Morgan fingerprint density at radius 1 is 0.941 bits per heavy atom. The van der Waals surface area contributed by atoms with Gasteiger partial charge in [-0.3, -0.25) is 9.78 Å². The highest BCUT2D eigenvalue weighted by molar-refractivity contribution is 5.95. The quantitative estimate of drug-likeness (QED) is 0.493. The van der Waals surface area contributed by atoms with Crippen LogP contribution in [0.25, 0.3) is 10.9 Å². The van der Waals surface area contributed by atoms with E-state index in [1.165, 1.54) is 5.56 Å². The van der Waals surface area contributed by atoms with Crippen LogP contribution < -0.4 is 5.32 Å². The van der Waals surface area contributed by atoms with Crippen LogP contribution in [0.2, 0.25) is 0 Å². The van der Waals surface area contributed by atoms with E-state index in [1.807, 2.05) is 41.4 Å². The number of carbonyl (C=O) groups is 1. The van der Waals surface area contributed by atoms with Gasteiger partial charge in [0.1, 0.15) is 0 Å².